The van der Waals surface area contributed by atoms with E-state index in [0.29, 0.717) is 16.8 Å². The molecule has 0 aliphatic heterocycles. The fraction of sp³-hybridized carbons (Fsp3) is 0.196. The monoisotopic (exact) mass is 957 g/mol. The van der Waals surface area contributed by atoms with E-state index >= 15 is 0 Å². The van der Waals surface area contributed by atoms with E-state index in [2.05, 4.69) is 27.5 Å². The van der Waals surface area contributed by atoms with Crippen molar-refractivity contribution in [2.45, 2.75) is 55.1 Å². The number of rotatable bonds is 18. The number of hydrogen-bond donors (Lipinski definition) is 4. The fourth-order valence-corrected chi connectivity index (χ4v) is 8.98. The number of likely N-dealkylation sites (N-methyl/N-ethyl adjacent to an activating group) is 1. The minimum Gasteiger partial charge on any atom is -0.480 e. The van der Waals surface area contributed by atoms with Crippen LogP contribution in [0.2, 0.25) is 0 Å². The van der Waals surface area contributed by atoms with Gasteiger partial charge in [-0.2, -0.15) is 8.61 Å². The van der Waals surface area contributed by atoms with Gasteiger partial charge in [0.15, 0.2) is 0 Å². The molecule has 1 aromatic heterocycles. The maximum Gasteiger partial charge on any atom is 0.326 e. The number of pyridine rings is 1. The lowest BCUT2D eigenvalue weighted by Crippen LogP contribution is -2.47. The summed E-state index contributed by atoms with van der Waals surface area (Å²) in [5, 5.41) is 24.0. The Morgan fingerprint density at radius 2 is 1.01 bits per heavy atom. The largest absolute Gasteiger partial charge is 0.480 e. The Balaban J connectivity index is 0.000000255. The summed E-state index contributed by atoms with van der Waals surface area (Å²) in [6, 6.07) is 40.5. The normalized spacial score (nSPS) is 12.1. The molecule has 0 spiro atoms. The van der Waals surface area contributed by atoms with Crippen LogP contribution < -0.4 is 10.6 Å². The van der Waals surface area contributed by atoms with Crippen molar-refractivity contribution in [2.24, 2.45) is 0 Å². The molecule has 352 valence electrons. The quantitative estimate of drug-likeness (QED) is 0.0819. The molecular weight excluding hydrogens is 907 g/mol. The second-order valence-corrected chi connectivity index (χ2v) is 19.6. The molecule has 15 nitrogen and oxygen atoms in total. The van der Waals surface area contributed by atoms with Crippen LogP contribution in [0.4, 0.5) is 0 Å². The molecule has 0 aliphatic carbocycles. The van der Waals surface area contributed by atoms with E-state index in [1.807, 2.05) is 32.0 Å². The van der Waals surface area contributed by atoms with Gasteiger partial charge in [0.05, 0.1) is 22.9 Å². The lowest BCUT2D eigenvalue weighted by atomic mass is 10.0. The number of aryl methyl sites for hydroxylation is 2. The predicted octanol–water partition coefficient (Wildman–Crippen LogP) is 5.22. The number of benzene rings is 5. The number of carbonyl (C=O) groups excluding carboxylic acids is 2. The third-order valence-corrected chi connectivity index (χ3v) is 13.8. The van der Waals surface area contributed by atoms with Crippen molar-refractivity contribution in [3.63, 3.8) is 0 Å². The number of amides is 2. The zero-order valence-electron chi connectivity index (χ0n) is 37.5. The Morgan fingerprint density at radius 1 is 0.559 bits per heavy atom. The minimum absolute atomic E-state index is 0.0269. The summed E-state index contributed by atoms with van der Waals surface area (Å²) in [4.78, 5) is 53.0. The number of nitrogens with one attached hydrogen (secondary N) is 2. The Hall–Kier alpha value is -7.49. The van der Waals surface area contributed by atoms with Crippen LogP contribution in [0.5, 0.6) is 0 Å². The molecule has 1 heterocycles. The first-order valence-electron chi connectivity index (χ1n) is 21.1. The molecule has 0 bridgehead atoms. The molecule has 0 radical (unpaired) electrons. The highest BCUT2D eigenvalue weighted by Crippen LogP contribution is 2.20. The molecule has 6 rings (SSSR count). The van der Waals surface area contributed by atoms with E-state index in [4.69, 9.17) is 0 Å². The minimum atomic E-state index is -4.00. The number of hydrogen-bond acceptors (Lipinski definition) is 9. The van der Waals surface area contributed by atoms with Crippen LogP contribution in [-0.4, -0.2) is 96.6 Å². The summed E-state index contributed by atoms with van der Waals surface area (Å²) in [7, 11) is -6.62. The lowest BCUT2D eigenvalue weighted by Gasteiger charge is -2.23. The van der Waals surface area contributed by atoms with Crippen molar-refractivity contribution in [1.29, 1.82) is 0 Å². The van der Waals surface area contributed by atoms with Gasteiger partial charge in [0.25, 0.3) is 0 Å². The third kappa shape index (κ3) is 15.6. The summed E-state index contributed by atoms with van der Waals surface area (Å²) in [6.45, 7) is 2.64. The highest BCUT2D eigenvalue weighted by molar-refractivity contribution is 7.89. The third-order valence-electron chi connectivity index (χ3n) is 10.2. The van der Waals surface area contributed by atoms with Crippen LogP contribution in [0.3, 0.4) is 0 Å². The summed E-state index contributed by atoms with van der Waals surface area (Å²) >= 11 is 0. The Bertz CT molecular complexity index is 2930. The Morgan fingerprint density at radius 3 is 1.50 bits per heavy atom. The molecule has 5 aromatic carbocycles. The van der Waals surface area contributed by atoms with Gasteiger partial charge in [0.2, 0.25) is 31.9 Å². The first-order valence-corrected chi connectivity index (χ1v) is 24.0. The predicted molar refractivity (Wildman–Crippen MR) is 256 cm³/mol. The van der Waals surface area contributed by atoms with Crippen LogP contribution in [-0.2, 0) is 58.6 Å². The van der Waals surface area contributed by atoms with E-state index in [-0.39, 0.29) is 29.2 Å². The molecule has 0 saturated heterocycles. The zero-order chi connectivity index (χ0) is 49.3. The van der Waals surface area contributed by atoms with Gasteiger partial charge in [-0.25, -0.2) is 31.4 Å². The van der Waals surface area contributed by atoms with Gasteiger partial charge < -0.3 is 20.8 Å². The standard InChI is InChI=1S/C26H25N3O5S.C25H26N2O5S/c1-19-6-14-23(15-7-19)35(33,34)29(2)18-25(30)28-24(26(31)32)17-21-10-8-20(9-11-21)12-13-22-5-3-4-16-27-22;1-19-12-14-22(15-13-19)33(31,32)27(17-21-10-6-3-7-11-21)18-24(28)26-23(25(29)30)16-20-8-4-2-5-9-20/h3-11,14-16,24H,17-18H2,1-2H3,(H,28,30)(H,31,32);2-15,23H,16-18H2,1H3,(H,26,28)(H,29,30)/t24-;23-/m00/s1. The van der Waals surface area contributed by atoms with Crippen molar-refractivity contribution < 1.29 is 46.2 Å². The number of carbonyl (C=O) groups is 4. The van der Waals surface area contributed by atoms with E-state index in [0.717, 1.165) is 30.9 Å². The van der Waals surface area contributed by atoms with Crippen LogP contribution in [0.15, 0.2) is 168 Å². The molecule has 6 aromatic rings. The van der Waals surface area contributed by atoms with Crippen molar-refractivity contribution in [3.05, 3.63) is 197 Å². The summed E-state index contributed by atoms with van der Waals surface area (Å²) in [5.74, 6) is 2.12. The van der Waals surface area contributed by atoms with Crippen LogP contribution in [0, 0.1) is 25.7 Å². The Kier molecular flexibility index (Phi) is 18.4. The molecule has 0 fully saturated rings. The number of carboxylic acid groups (broad SMARTS) is 2. The smallest absolute Gasteiger partial charge is 0.326 e. The first-order chi connectivity index (χ1) is 32.4. The van der Waals surface area contributed by atoms with Crippen LogP contribution in [0.25, 0.3) is 0 Å². The topological polar surface area (TPSA) is 220 Å². The summed E-state index contributed by atoms with van der Waals surface area (Å²) < 4.78 is 54.0. The number of nitrogens with zero attached hydrogens (tertiary/aromatic N) is 3. The van der Waals surface area contributed by atoms with Crippen molar-refractivity contribution in [2.75, 3.05) is 20.1 Å². The second kappa shape index (κ2) is 24.3. The van der Waals surface area contributed by atoms with E-state index in [9.17, 15) is 46.2 Å². The Labute approximate surface area is 396 Å². The summed E-state index contributed by atoms with van der Waals surface area (Å²) in [6.07, 6.45) is 1.78. The van der Waals surface area contributed by atoms with Gasteiger partial charge >= 0.3 is 11.9 Å². The van der Waals surface area contributed by atoms with Gasteiger partial charge in [0, 0.05) is 38.2 Å². The van der Waals surface area contributed by atoms with Crippen LogP contribution >= 0.6 is 0 Å². The molecule has 0 unspecified atom stereocenters. The van der Waals surface area contributed by atoms with E-state index in [1.54, 1.807) is 115 Å². The summed E-state index contributed by atoms with van der Waals surface area (Å²) in [5.41, 5.74) is 5.33. The average molecular weight is 958 g/mol. The zero-order valence-corrected chi connectivity index (χ0v) is 39.2. The number of aromatic nitrogens is 1. The highest BCUT2D eigenvalue weighted by Gasteiger charge is 2.30. The van der Waals surface area contributed by atoms with Gasteiger partial charge in [0.1, 0.15) is 17.8 Å². The number of sulfonamides is 2. The van der Waals surface area contributed by atoms with Gasteiger partial charge in [-0.3, -0.25) is 9.59 Å². The first kappa shape index (κ1) is 51.5. The van der Waals surface area contributed by atoms with E-state index in [1.165, 1.54) is 31.3 Å². The van der Waals surface area contributed by atoms with Crippen molar-refractivity contribution >= 4 is 43.8 Å². The highest BCUT2D eigenvalue weighted by atomic mass is 32.2. The molecule has 0 aliphatic rings. The SMILES string of the molecule is Cc1ccc(S(=O)(=O)N(C)CC(=O)N[C@@H](Cc2ccc(C#Cc3ccccn3)cc2)C(=O)O)cc1.Cc1ccc(S(=O)(=O)N(CC(=O)N[C@@H](Cc2ccccc2)C(=O)O)Cc2ccccc2)cc1. The molecule has 0 saturated carbocycles. The van der Waals surface area contributed by atoms with Crippen molar-refractivity contribution in [3.8, 4) is 11.8 Å². The van der Waals surface area contributed by atoms with Gasteiger partial charge in [-0.15, -0.1) is 0 Å². The number of carboxylic acids is 2. The van der Waals surface area contributed by atoms with Crippen molar-refractivity contribution in [1.82, 2.24) is 24.2 Å². The van der Waals surface area contributed by atoms with Crippen LogP contribution in [0.1, 0.15) is 39.1 Å². The maximum absolute atomic E-state index is 13.3. The van der Waals surface area contributed by atoms with Gasteiger partial charge in [-0.1, -0.05) is 120 Å². The lowest BCUT2D eigenvalue weighted by molar-refractivity contribution is -0.142. The van der Waals surface area contributed by atoms with E-state index < -0.39 is 69.0 Å². The molecule has 2 atom stereocenters. The molecule has 68 heavy (non-hydrogen) atoms. The fourth-order valence-electron chi connectivity index (χ4n) is 6.47. The molecule has 17 heteroatoms. The molecule has 2 amide bonds. The molecular formula is C51H51N5O10S2. The maximum atomic E-state index is 13.3. The molecule has 4 N–H and O–H groups in total. The average Bonchev–Trinajstić information content (AvgIpc) is 3.32. The van der Waals surface area contributed by atoms with Gasteiger partial charge in [-0.05, 0) is 85.0 Å². The second-order valence-electron chi connectivity index (χ2n) is 15.6. The number of aliphatic carboxylic acids is 2.